The number of aliphatic carboxylic acids is 1. The summed E-state index contributed by atoms with van der Waals surface area (Å²) < 4.78 is 0. The molecule has 4 N–H and O–H groups in total. The molecular weight excluding hydrogens is 322 g/mol. The van der Waals surface area contributed by atoms with Crippen LogP contribution in [0.1, 0.15) is 37.8 Å². The number of hydrogen-bond donors (Lipinski definition) is 4. The Kier molecular flexibility index (Phi) is 8.46. The largest absolute Gasteiger partial charge is 0.480 e. The third-order valence-electron chi connectivity index (χ3n) is 3.97. The number of carbonyl (C=O) groups excluding carboxylic acids is 2. The number of nitrogens with one attached hydrogen (secondary N) is 3. The third-order valence-corrected chi connectivity index (χ3v) is 3.97. The fraction of sp³-hybridized carbons (Fsp3) is 0.500. The van der Waals surface area contributed by atoms with Gasteiger partial charge < -0.3 is 21.1 Å². The Labute approximate surface area is 148 Å². The molecule has 0 saturated carbocycles. The van der Waals surface area contributed by atoms with Gasteiger partial charge in [-0.2, -0.15) is 0 Å². The molecule has 0 spiro atoms. The van der Waals surface area contributed by atoms with Crippen LogP contribution in [0.25, 0.3) is 0 Å². The van der Waals surface area contributed by atoms with Crippen molar-refractivity contribution in [2.45, 2.75) is 46.2 Å². The Hall–Kier alpha value is -2.57. The second-order valence-electron chi connectivity index (χ2n) is 5.97. The van der Waals surface area contributed by atoms with E-state index in [0.717, 1.165) is 11.1 Å². The molecule has 3 amide bonds. The number of benzene rings is 1. The first-order valence-corrected chi connectivity index (χ1v) is 8.47. The number of hydrogen-bond acceptors (Lipinski definition) is 3. The molecule has 1 aromatic carbocycles. The maximum Gasteiger partial charge on any atom is 0.328 e. The smallest absolute Gasteiger partial charge is 0.328 e. The van der Waals surface area contributed by atoms with Gasteiger partial charge in [0.05, 0.1) is 6.54 Å². The lowest BCUT2D eigenvalue weighted by Gasteiger charge is -2.19. The number of carboxylic acid groups (broad SMARTS) is 1. The molecule has 138 valence electrons. The van der Waals surface area contributed by atoms with Crippen LogP contribution in [0.4, 0.5) is 4.79 Å². The number of carboxylic acids is 1. The average Bonchev–Trinajstić information content (AvgIpc) is 2.57. The van der Waals surface area contributed by atoms with Gasteiger partial charge in [-0.3, -0.25) is 4.79 Å². The lowest BCUT2D eigenvalue weighted by molar-refractivity contribution is -0.142. The van der Waals surface area contributed by atoms with Crippen LogP contribution in [0.2, 0.25) is 0 Å². The zero-order valence-electron chi connectivity index (χ0n) is 15.0. The van der Waals surface area contributed by atoms with Gasteiger partial charge in [0.2, 0.25) is 5.91 Å². The lowest BCUT2D eigenvalue weighted by atomic mass is 10.0. The summed E-state index contributed by atoms with van der Waals surface area (Å²) in [6.07, 6.45) is 1.28. The zero-order chi connectivity index (χ0) is 18.8. The number of rotatable bonds is 9. The van der Waals surface area contributed by atoms with Crippen LogP contribution in [0, 0.1) is 12.8 Å². The number of carbonyl (C=O) groups is 3. The van der Waals surface area contributed by atoms with Gasteiger partial charge in [-0.05, 0) is 25.3 Å². The van der Waals surface area contributed by atoms with Crippen molar-refractivity contribution in [1.82, 2.24) is 16.0 Å². The third kappa shape index (κ3) is 7.24. The first-order valence-electron chi connectivity index (χ1n) is 8.47. The monoisotopic (exact) mass is 349 g/mol. The van der Waals surface area contributed by atoms with E-state index in [1.807, 2.05) is 45.0 Å². The van der Waals surface area contributed by atoms with Crippen molar-refractivity contribution in [2.24, 2.45) is 5.92 Å². The van der Waals surface area contributed by atoms with Gasteiger partial charge in [-0.15, -0.1) is 0 Å². The van der Waals surface area contributed by atoms with E-state index in [-0.39, 0.29) is 18.4 Å². The molecule has 0 aromatic heterocycles. The van der Waals surface area contributed by atoms with Crippen molar-refractivity contribution in [2.75, 3.05) is 6.54 Å². The van der Waals surface area contributed by atoms with Gasteiger partial charge in [-0.1, -0.05) is 43.7 Å². The summed E-state index contributed by atoms with van der Waals surface area (Å²) in [4.78, 5) is 35.1. The summed E-state index contributed by atoms with van der Waals surface area (Å²) in [7, 11) is 0. The van der Waals surface area contributed by atoms with Gasteiger partial charge in [-0.25, -0.2) is 9.59 Å². The molecular formula is C18H27N3O4. The topological polar surface area (TPSA) is 108 Å². The second-order valence-corrected chi connectivity index (χ2v) is 5.97. The van der Waals surface area contributed by atoms with Gasteiger partial charge >= 0.3 is 12.0 Å². The van der Waals surface area contributed by atoms with Gasteiger partial charge in [0.15, 0.2) is 0 Å². The van der Waals surface area contributed by atoms with E-state index in [1.165, 1.54) is 0 Å². The summed E-state index contributed by atoms with van der Waals surface area (Å²) >= 11 is 0. The van der Waals surface area contributed by atoms with Crippen LogP contribution < -0.4 is 16.0 Å². The lowest BCUT2D eigenvalue weighted by Crippen LogP contribution is -2.51. The summed E-state index contributed by atoms with van der Waals surface area (Å²) in [6, 6.07) is 6.07. The molecule has 0 radical (unpaired) electrons. The van der Waals surface area contributed by atoms with Crippen molar-refractivity contribution < 1.29 is 19.5 Å². The first-order chi connectivity index (χ1) is 11.9. The minimum Gasteiger partial charge on any atom is -0.480 e. The second kappa shape index (κ2) is 10.3. The van der Waals surface area contributed by atoms with Crippen LogP contribution >= 0.6 is 0 Å². The SMILES string of the molecule is CCC(CC)C(=O)N[C@@H](CNC(=O)NCc1cccc(C)c1)C(=O)O. The van der Waals surface area contributed by atoms with Crippen molar-refractivity contribution in [1.29, 1.82) is 0 Å². The normalized spacial score (nSPS) is 11.7. The van der Waals surface area contributed by atoms with E-state index in [9.17, 15) is 19.5 Å². The van der Waals surface area contributed by atoms with E-state index in [2.05, 4.69) is 16.0 Å². The summed E-state index contributed by atoms with van der Waals surface area (Å²) in [5.74, 6) is -1.71. The minimum absolute atomic E-state index is 0.180. The highest BCUT2D eigenvalue weighted by atomic mass is 16.4. The highest BCUT2D eigenvalue weighted by molar-refractivity contribution is 5.85. The molecule has 25 heavy (non-hydrogen) atoms. The molecule has 0 aliphatic rings. The molecule has 0 saturated heterocycles. The zero-order valence-corrected chi connectivity index (χ0v) is 15.0. The Morgan fingerprint density at radius 3 is 2.36 bits per heavy atom. The minimum atomic E-state index is -1.18. The molecule has 1 aromatic rings. The van der Waals surface area contributed by atoms with Crippen molar-refractivity contribution in [3.05, 3.63) is 35.4 Å². The summed E-state index contributed by atoms with van der Waals surface area (Å²) in [5.41, 5.74) is 2.04. The molecule has 0 aliphatic carbocycles. The van der Waals surface area contributed by atoms with Crippen molar-refractivity contribution in [3.63, 3.8) is 0 Å². The Balaban J connectivity index is 2.47. The number of aryl methyl sites for hydroxylation is 1. The predicted molar refractivity (Wildman–Crippen MR) is 95.1 cm³/mol. The fourth-order valence-electron chi connectivity index (χ4n) is 2.41. The predicted octanol–water partition coefficient (Wildman–Crippen LogP) is 1.80. The van der Waals surface area contributed by atoms with E-state index in [1.54, 1.807) is 0 Å². The van der Waals surface area contributed by atoms with Crippen LogP contribution in [0.3, 0.4) is 0 Å². The van der Waals surface area contributed by atoms with E-state index in [0.29, 0.717) is 19.4 Å². The summed E-state index contributed by atoms with van der Waals surface area (Å²) in [6.45, 7) is 5.87. The van der Waals surface area contributed by atoms with Crippen LogP contribution in [-0.4, -0.2) is 35.6 Å². The van der Waals surface area contributed by atoms with E-state index in [4.69, 9.17) is 0 Å². The average molecular weight is 349 g/mol. The molecule has 7 nitrogen and oxygen atoms in total. The highest BCUT2D eigenvalue weighted by Crippen LogP contribution is 2.07. The quantitative estimate of drug-likeness (QED) is 0.545. The molecule has 1 rings (SSSR count). The molecule has 0 bridgehead atoms. The number of amides is 3. The van der Waals surface area contributed by atoms with Crippen molar-refractivity contribution >= 4 is 17.9 Å². The van der Waals surface area contributed by atoms with Gasteiger partial charge in [0.25, 0.3) is 0 Å². The van der Waals surface area contributed by atoms with Gasteiger partial charge in [0.1, 0.15) is 6.04 Å². The Morgan fingerprint density at radius 1 is 1.12 bits per heavy atom. The van der Waals surface area contributed by atoms with Crippen molar-refractivity contribution in [3.8, 4) is 0 Å². The highest BCUT2D eigenvalue weighted by Gasteiger charge is 2.23. The number of urea groups is 1. The molecule has 0 unspecified atom stereocenters. The van der Waals surface area contributed by atoms with Crippen LogP contribution in [-0.2, 0) is 16.1 Å². The standard InChI is InChI=1S/C18H27N3O4/c1-4-14(5-2)16(22)21-15(17(23)24)11-20-18(25)19-10-13-8-6-7-12(3)9-13/h6-9,14-15H,4-5,10-11H2,1-3H3,(H,21,22)(H,23,24)(H2,19,20,25)/t15-/m0/s1. The first kappa shape index (κ1) is 20.5. The van der Waals surface area contributed by atoms with Crippen LogP contribution in [0.5, 0.6) is 0 Å². The molecule has 0 heterocycles. The fourth-order valence-corrected chi connectivity index (χ4v) is 2.41. The van der Waals surface area contributed by atoms with Crippen LogP contribution in [0.15, 0.2) is 24.3 Å². The maximum atomic E-state index is 12.0. The van der Waals surface area contributed by atoms with E-state index < -0.39 is 18.0 Å². The maximum absolute atomic E-state index is 12.0. The van der Waals surface area contributed by atoms with E-state index >= 15 is 0 Å². The van der Waals surface area contributed by atoms with Gasteiger partial charge in [0, 0.05) is 12.5 Å². The summed E-state index contributed by atoms with van der Waals surface area (Å²) in [5, 5.41) is 16.8. The Morgan fingerprint density at radius 2 is 1.80 bits per heavy atom. The molecule has 0 aliphatic heterocycles. The Bertz CT molecular complexity index is 600. The molecule has 1 atom stereocenters. The molecule has 7 heteroatoms. The molecule has 0 fully saturated rings.